The van der Waals surface area contributed by atoms with Gasteiger partial charge in [0, 0.05) is 24.4 Å². The zero-order chi connectivity index (χ0) is 19.8. The largest absolute Gasteiger partial charge is 0.494 e. The zero-order valence-electron chi connectivity index (χ0n) is 16.1. The second-order valence-electron chi connectivity index (χ2n) is 6.75. The first-order valence-electron chi connectivity index (χ1n) is 9.68. The molecule has 6 heteroatoms. The molecule has 1 fully saturated rings. The van der Waals surface area contributed by atoms with Gasteiger partial charge in [0.1, 0.15) is 11.9 Å². The normalized spacial score (nSPS) is 15.8. The summed E-state index contributed by atoms with van der Waals surface area (Å²) in [5.41, 5.74) is 2.07. The lowest BCUT2D eigenvalue weighted by Gasteiger charge is -2.12. The minimum atomic E-state index is -0.401. The predicted molar refractivity (Wildman–Crippen MR) is 107 cm³/mol. The van der Waals surface area contributed by atoms with E-state index in [0.717, 1.165) is 30.6 Å². The molecule has 6 nitrogen and oxygen atoms in total. The number of hydrogen-bond acceptors (Lipinski definition) is 4. The maximum atomic E-state index is 12.4. The van der Waals surface area contributed by atoms with Crippen LogP contribution in [0.25, 0.3) is 0 Å². The molecule has 1 aliphatic rings. The summed E-state index contributed by atoms with van der Waals surface area (Å²) < 4.78 is 10.9. The van der Waals surface area contributed by atoms with Crippen LogP contribution in [0.4, 0.5) is 5.69 Å². The minimum Gasteiger partial charge on any atom is -0.494 e. The third kappa shape index (κ3) is 5.57. The van der Waals surface area contributed by atoms with Gasteiger partial charge in [-0.2, -0.15) is 0 Å². The Bertz CT molecular complexity index is 798. The highest BCUT2D eigenvalue weighted by molar-refractivity contribution is 5.98. The van der Waals surface area contributed by atoms with Gasteiger partial charge in [0.2, 0.25) is 0 Å². The number of carbonyl (C=O) groups is 2. The number of ether oxygens (including phenoxy) is 2. The number of nitrogens with one attached hydrogen (secondary N) is 2. The summed E-state index contributed by atoms with van der Waals surface area (Å²) in [7, 11) is 0. The average molecular weight is 382 g/mol. The molecule has 1 aliphatic heterocycles. The second kappa shape index (κ2) is 9.90. The number of rotatable bonds is 8. The van der Waals surface area contributed by atoms with E-state index in [9.17, 15) is 9.59 Å². The van der Waals surface area contributed by atoms with Gasteiger partial charge in [0.05, 0.1) is 6.61 Å². The quantitative estimate of drug-likeness (QED) is 0.732. The molecule has 0 aromatic heterocycles. The highest BCUT2D eigenvalue weighted by atomic mass is 16.5. The van der Waals surface area contributed by atoms with Gasteiger partial charge in [-0.25, -0.2) is 0 Å². The summed E-state index contributed by atoms with van der Waals surface area (Å²) in [5, 5.41) is 5.71. The second-order valence-corrected chi connectivity index (χ2v) is 6.75. The Hall–Kier alpha value is -2.86. The fraction of sp³-hybridized carbons (Fsp3) is 0.364. The van der Waals surface area contributed by atoms with Crippen molar-refractivity contribution in [3.05, 3.63) is 59.7 Å². The van der Waals surface area contributed by atoms with E-state index >= 15 is 0 Å². The van der Waals surface area contributed by atoms with Crippen molar-refractivity contribution in [3.63, 3.8) is 0 Å². The Balaban J connectivity index is 1.53. The molecule has 2 N–H and O–H groups in total. The minimum absolute atomic E-state index is 0.166. The Labute approximate surface area is 165 Å². The lowest BCUT2D eigenvalue weighted by molar-refractivity contribution is -0.124. The van der Waals surface area contributed by atoms with Gasteiger partial charge in [0.25, 0.3) is 11.8 Å². The van der Waals surface area contributed by atoms with Crippen molar-refractivity contribution in [2.75, 3.05) is 18.5 Å². The van der Waals surface area contributed by atoms with Crippen LogP contribution in [0, 0.1) is 0 Å². The van der Waals surface area contributed by atoms with E-state index in [1.807, 2.05) is 24.3 Å². The maximum Gasteiger partial charge on any atom is 0.253 e. The Kier molecular flexibility index (Phi) is 7.03. The summed E-state index contributed by atoms with van der Waals surface area (Å²) in [6.45, 7) is 3.79. The molecule has 2 aromatic carbocycles. The number of amides is 2. The van der Waals surface area contributed by atoms with Gasteiger partial charge < -0.3 is 20.1 Å². The standard InChI is InChI=1S/C22H26N2O4/c1-2-12-27-19-10-8-16(9-11-19)15-23-21(25)17-5-3-6-18(14-17)24-22(26)20-7-4-13-28-20/h3,5-6,8-11,14,20H,2,4,7,12-13,15H2,1H3,(H,23,25)(H,24,26). The maximum absolute atomic E-state index is 12.4. The fourth-order valence-electron chi connectivity index (χ4n) is 2.95. The van der Waals surface area contributed by atoms with Crippen LogP contribution in [0.5, 0.6) is 5.75 Å². The molecule has 3 rings (SSSR count). The van der Waals surface area contributed by atoms with Crippen molar-refractivity contribution in [2.24, 2.45) is 0 Å². The molecule has 0 aliphatic carbocycles. The monoisotopic (exact) mass is 382 g/mol. The molecule has 0 spiro atoms. The molecule has 2 aromatic rings. The molecule has 1 unspecified atom stereocenters. The Morgan fingerprint density at radius 2 is 2.00 bits per heavy atom. The van der Waals surface area contributed by atoms with Crippen LogP contribution in [0.3, 0.4) is 0 Å². The van der Waals surface area contributed by atoms with Gasteiger partial charge in [-0.15, -0.1) is 0 Å². The van der Waals surface area contributed by atoms with Gasteiger partial charge in [-0.3, -0.25) is 9.59 Å². The summed E-state index contributed by atoms with van der Waals surface area (Å²) >= 11 is 0. The first-order chi connectivity index (χ1) is 13.7. The Morgan fingerprint density at radius 3 is 2.71 bits per heavy atom. The molecule has 0 radical (unpaired) electrons. The van der Waals surface area contributed by atoms with E-state index in [1.165, 1.54) is 0 Å². The first kappa shape index (κ1) is 19.9. The molecule has 0 saturated carbocycles. The lowest BCUT2D eigenvalue weighted by Crippen LogP contribution is -2.27. The number of anilines is 1. The number of benzene rings is 2. The van der Waals surface area contributed by atoms with E-state index in [-0.39, 0.29) is 11.8 Å². The number of hydrogen-bond donors (Lipinski definition) is 2. The molecular weight excluding hydrogens is 356 g/mol. The van der Waals surface area contributed by atoms with E-state index < -0.39 is 6.10 Å². The molecule has 1 atom stereocenters. The van der Waals surface area contributed by atoms with Gasteiger partial charge in [-0.05, 0) is 55.2 Å². The average Bonchev–Trinajstić information content (AvgIpc) is 3.26. The van der Waals surface area contributed by atoms with Crippen LogP contribution < -0.4 is 15.4 Å². The van der Waals surface area contributed by atoms with E-state index in [0.29, 0.717) is 31.0 Å². The summed E-state index contributed by atoms with van der Waals surface area (Å²) in [6.07, 6.45) is 2.19. The van der Waals surface area contributed by atoms with E-state index in [1.54, 1.807) is 24.3 Å². The van der Waals surface area contributed by atoms with Gasteiger partial charge in [-0.1, -0.05) is 25.1 Å². The smallest absolute Gasteiger partial charge is 0.253 e. The molecule has 0 bridgehead atoms. The van der Waals surface area contributed by atoms with Gasteiger partial charge in [0.15, 0.2) is 0 Å². The SMILES string of the molecule is CCCOc1ccc(CNC(=O)c2cccc(NC(=O)C3CCCO3)c2)cc1. The van der Waals surface area contributed by atoms with Crippen LogP contribution in [0.15, 0.2) is 48.5 Å². The number of carbonyl (C=O) groups excluding carboxylic acids is 2. The third-order valence-electron chi connectivity index (χ3n) is 4.46. The van der Waals surface area contributed by atoms with Crippen molar-refractivity contribution < 1.29 is 19.1 Å². The molecule has 2 amide bonds. The van der Waals surface area contributed by atoms with Crippen molar-refractivity contribution in [3.8, 4) is 5.75 Å². The molecule has 28 heavy (non-hydrogen) atoms. The van der Waals surface area contributed by atoms with Crippen LogP contribution in [0.2, 0.25) is 0 Å². The highest BCUT2D eigenvalue weighted by Crippen LogP contribution is 2.17. The van der Waals surface area contributed by atoms with E-state index in [2.05, 4.69) is 17.6 Å². The Morgan fingerprint density at radius 1 is 1.18 bits per heavy atom. The third-order valence-corrected chi connectivity index (χ3v) is 4.46. The van der Waals surface area contributed by atoms with Crippen LogP contribution in [-0.4, -0.2) is 31.1 Å². The van der Waals surface area contributed by atoms with Crippen molar-refractivity contribution in [2.45, 2.75) is 38.8 Å². The molecule has 1 saturated heterocycles. The van der Waals surface area contributed by atoms with Crippen molar-refractivity contribution in [1.29, 1.82) is 0 Å². The summed E-state index contributed by atoms with van der Waals surface area (Å²) in [6, 6.07) is 14.6. The first-order valence-corrected chi connectivity index (χ1v) is 9.68. The molecular formula is C22H26N2O4. The molecule has 148 valence electrons. The predicted octanol–water partition coefficient (Wildman–Crippen LogP) is 3.52. The van der Waals surface area contributed by atoms with Crippen molar-refractivity contribution in [1.82, 2.24) is 5.32 Å². The fourth-order valence-corrected chi connectivity index (χ4v) is 2.95. The van der Waals surface area contributed by atoms with Gasteiger partial charge >= 0.3 is 0 Å². The summed E-state index contributed by atoms with van der Waals surface area (Å²) in [5.74, 6) is 0.464. The van der Waals surface area contributed by atoms with Crippen molar-refractivity contribution >= 4 is 17.5 Å². The van der Waals surface area contributed by atoms with E-state index in [4.69, 9.17) is 9.47 Å². The lowest BCUT2D eigenvalue weighted by atomic mass is 10.1. The van der Waals surface area contributed by atoms with Crippen LogP contribution in [0.1, 0.15) is 42.1 Å². The molecule has 1 heterocycles. The summed E-state index contributed by atoms with van der Waals surface area (Å²) in [4.78, 5) is 24.6. The van der Waals surface area contributed by atoms with Crippen LogP contribution >= 0.6 is 0 Å². The topological polar surface area (TPSA) is 76.7 Å². The zero-order valence-corrected chi connectivity index (χ0v) is 16.1. The highest BCUT2D eigenvalue weighted by Gasteiger charge is 2.23. The van der Waals surface area contributed by atoms with Crippen LogP contribution in [-0.2, 0) is 16.1 Å².